The van der Waals surface area contributed by atoms with E-state index in [9.17, 15) is 9.59 Å². The third-order valence-electron chi connectivity index (χ3n) is 4.75. The van der Waals surface area contributed by atoms with E-state index >= 15 is 0 Å². The number of carbonyl (C=O) groups excluding carboxylic acids is 2. The molecule has 0 aromatic heterocycles. The quantitative estimate of drug-likeness (QED) is 0.346. The first-order chi connectivity index (χ1) is 16.2. The summed E-state index contributed by atoms with van der Waals surface area (Å²) in [6.45, 7) is 0. The van der Waals surface area contributed by atoms with Crippen LogP contribution in [0.25, 0.3) is 0 Å². The molecule has 1 N–H and O–H groups in total. The Balaban J connectivity index is 1.75. The second-order valence-corrected chi connectivity index (χ2v) is 7.07. The van der Waals surface area contributed by atoms with Gasteiger partial charge in [-0.1, -0.05) is 84.9 Å². The van der Waals surface area contributed by atoms with Gasteiger partial charge in [0.15, 0.2) is 0 Å². The van der Waals surface area contributed by atoms with Crippen LogP contribution < -0.4 is 10.5 Å². The molecule has 0 aliphatic rings. The van der Waals surface area contributed by atoms with E-state index in [0.717, 1.165) is 10.7 Å². The molecule has 6 nitrogen and oxygen atoms in total. The molecule has 0 saturated heterocycles. The largest absolute Gasteiger partial charge is 0.293 e. The lowest BCUT2D eigenvalue weighted by Gasteiger charge is -2.32. The molecule has 4 aromatic rings. The van der Waals surface area contributed by atoms with Gasteiger partial charge in [-0.05, 0) is 42.0 Å². The molecular formula is C27H22N4O2. The van der Waals surface area contributed by atoms with Gasteiger partial charge in [0.2, 0.25) is 0 Å². The number of hydrazine groups is 2. The summed E-state index contributed by atoms with van der Waals surface area (Å²) in [5.74, 6) is -0.871. The third-order valence-corrected chi connectivity index (χ3v) is 4.75. The first-order valence-electron chi connectivity index (χ1n) is 10.4. The maximum absolute atomic E-state index is 13.5. The number of anilines is 1. The molecule has 0 aliphatic heterocycles. The van der Waals surface area contributed by atoms with Gasteiger partial charge in [-0.25, -0.2) is 5.43 Å². The van der Waals surface area contributed by atoms with Crippen molar-refractivity contribution in [3.05, 3.63) is 138 Å². The van der Waals surface area contributed by atoms with Crippen LogP contribution in [0.2, 0.25) is 0 Å². The Morgan fingerprint density at radius 1 is 0.636 bits per heavy atom. The van der Waals surface area contributed by atoms with E-state index < -0.39 is 11.8 Å². The summed E-state index contributed by atoms with van der Waals surface area (Å²) in [6, 6.07) is 36.1. The van der Waals surface area contributed by atoms with Gasteiger partial charge in [-0.2, -0.15) is 5.10 Å². The van der Waals surface area contributed by atoms with Crippen molar-refractivity contribution in [1.82, 2.24) is 10.5 Å². The van der Waals surface area contributed by atoms with E-state index in [0.29, 0.717) is 16.8 Å². The zero-order valence-corrected chi connectivity index (χ0v) is 17.8. The molecule has 4 rings (SSSR count). The Morgan fingerprint density at radius 3 is 1.70 bits per heavy atom. The highest BCUT2D eigenvalue weighted by molar-refractivity contribution is 5.99. The monoisotopic (exact) mass is 434 g/mol. The number of hydrogen-bond donors (Lipinski definition) is 1. The Kier molecular flexibility index (Phi) is 6.88. The highest BCUT2D eigenvalue weighted by Gasteiger charge is 2.26. The maximum Gasteiger partial charge on any atom is 0.293 e. The van der Waals surface area contributed by atoms with Crippen LogP contribution in [0.5, 0.6) is 0 Å². The highest BCUT2D eigenvalue weighted by Crippen LogP contribution is 2.18. The van der Waals surface area contributed by atoms with E-state index in [1.165, 1.54) is 5.12 Å². The number of nitrogens with zero attached hydrogens (tertiary/aromatic N) is 3. The van der Waals surface area contributed by atoms with Crippen molar-refractivity contribution >= 4 is 23.7 Å². The maximum atomic E-state index is 13.5. The van der Waals surface area contributed by atoms with Crippen LogP contribution in [0, 0.1) is 0 Å². The lowest BCUT2D eigenvalue weighted by molar-refractivity contribution is 0.0556. The summed E-state index contributed by atoms with van der Waals surface area (Å²) in [6.07, 6.45) is 1.63. The summed E-state index contributed by atoms with van der Waals surface area (Å²) >= 11 is 0. The number of hydrazone groups is 1. The number of amides is 2. The second kappa shape index (κ2) is 10.5. The van der Waals surface area contributed by atoms with Crippen molar-refractivity contribution in [3.8, 4) is 0 Å². The average Bonchev–Trinajstić information content (AvgIpc) is 2.90. The van der Waals surface area contributed by atoms with Gasteiger partial charge in [0.25, 0.3) is 11.8 Å². The first kappa shape index (κ1) is 21.5. The summed E-state index contributed by atoms with van der Waals surface area (Å²) in [5.41, 5.74) is 4.99. The van der Waals surface area contributed by atoms with Gasteiger partial charge >= 0.3 is 0 Å². The fraction of sp³-hybridized carbons (Fsp3) is 0. The van der Waals surface area contributed by atoms with Crippen molar-refractivity contribution in [2.75, 3.05) is 5.12 Å². The normalized spacial score (nSPS) is 10.5. The van der Waals surface area contributed by atoms with Crippen LogP contribution >= 0.6 is 0 Å². The summed E-state index contributed by atoms with van der Waals surface area (Å²) in [7, 11) is 0. The van der Waals surface area contributed by atoms with Crippen LogP contribution in [0.15, 0.2) is 126 Å². The summed E-state index contributed by atoms with van der Waals surface area (Å²) in [4.78, 5) is 26.6. The molecule has 0 heterocycles. The van der Waals surface area contributed by atoms with E-state index in [-0.39, 0.29) is 0 Å². The number of para-hydroxylation sites is 1. The van der Waals surface area contributed by atoms with Gasteiger partial charge in [0, 0.05) is 11.1 Å². The molecule has 0 radical (unpaired) electrons. The molecule has 0 spiro atoms. The minimum Gasteiger partial charge on any atom is -0.267 e. The zero-order valence-electron chi connectivity index (χ0n) is 17.8. The topological polar surface area (TPSA) is 65.0 Å². The van der Waals surface area contributed by atoms with Crippen LogP contribution in [0.3, 0.4) is 0 Å². The molecule has 0 unspecified atom stereocenters. The number of benzene rings is 4. The van der Waals surface area contributed by atoms with Crippen LogP contribution in [-0.4, -0.2) is 23.1 Å². The summed E-state index contributed by atoms with van der Waals surface area (Å²) in [5, 5.41) is 7.06. The molecule has 2 amide bonds. The van der Waals surface area contributed by atoms with Crippen LogP contribution in [0.4, 0.5) is 5.69 Å². The number of rotatable bonds is 6. The number of nitrogens with one attached hydrogen (secondary N) is 1. The van der Waals surface area contributed by atoms with Crippen molar-refractivity contribution in [1.29, 1.82) is 0 Å². The van der Waals surface area contributed by atoms with Gasteiger partial charge in [0.05, 0.1) is 11.9 Å². The van der Waals surface area contributed by atoms with Crippen molar-refractivity contribution in [3.63, 3.8) is 0 Å². The standard InChI is InChI=1S/C27H22N4O2/c32-26(23-15-7-2-8-16-23)29-31(27(33)24-17-9-3-10-18-24)30(25-19-11-4-12-20-25)28-21-22-13-5-1-6-14-22/h1-21H,(H,29,32)/b28-21+. The number of carbonyl (C=O) groups is 2. The highest BCUT2D eigenvalue weighted by atomic mass is 16.2. The molecule has 0 atom stereocenters. The van der Waals surface area contributed by atoms with Gasteiger partial charge in [-0.3, -0.25) is 9.59 Å². The molecule has 0 saturated carbocycles. The Morgan fingerprint density at radius 2 is 1.12 bits per heavy atom. The molecule has 4 aromatic carbocycles. The molecule has 162 valence electrons. The Labute approximate surface area is 192 Å². The molecule has 0 bridgehead atoms. The SMILES string of the molecule is O=C(NN(C(=O)c1ccccc1)N(/N=C/c1ccccc1)c1ccccc1)c1ccccc1. The Hall–Kier alpha value is -4.71. The minimum absolute atomic E-state index is 0.404. The van der Waals surface area contributed by atoms with E-state index in [1.807, 2.05) is 72.8 Å². The predicted molar refractivity (Wildman–Crippen MR) is 129 cm³/mol. The molecule has 0 fully saturated rings. The predicted octanol–water partition coefficient (Wildman–Crippen LogP) is 4.93. The molecule has 6 heteroatoms. The van der Waals surface area contributed by atoms with Gasteiger partial charge in [0.1, 0.15) is 0 Å². The van der Waals surface area contributed by atoms with Gasteiger partial charge in [-0.15, -0.1) is 10.2 Å². The lowest BCUT2D eigenvalue weighted by atomic mass is 10.2. The fourth-order valence-corrected chi connectivity index (χ4v) is 3.09. The minimum atomic E-state index is -0.436. The van der Waals surface area contributed by atoms with Crippen LogP contribution in [-0.2, 0) is 0 Å². The van der Waals surface area contributed by atoms with E-state index in [2.05, 4.69) is 10.5 Å². The van der Waals surface area contributed by atoms with E-state index in [4.69, 9.17) is 0 Å². The van der Waals surface area contributed by atoms with Crippen molar-refractivity contribution in [2.45, 2.75) is 0 Å². The molecular weight excluding hydrogens is 412 g/mol. The molecule has 33 heavy (non-hydrogen) atoms. The zero-order chi connectivity index (χ0) is 22.9. The second-order valence-electron chi connectivity index (χ2n) is 7.07. The fourth-order valence-electron chi connectivity index (χ4n) is 3.09. The number of hydrogen-bond acceptors (Lipinski definition) is 4. The van der Waals surface area contributed by atoms with Crippen LogP contribution in [0.1, 0.15) is 26.3 Å². The van der Waals surface area contributed by atoms with Crippen molar-refractivity contribution in [2.24, 2.45) is 5.10 Å². The lowest BCUT2D eigenvalue weighted by Crippen LogP contribution is -2.54. The Bertz CT molecular complexity index is 1210. The van der Waals surface area contributed by atoms with Crippen molar-refractivity contribution < 1.29 is 9.59 Å². The average molecular weight is 434 g/mol. The summed E-state index contributed by atoms with van der Waals surface area (Å²) < 4.78 is 0. The smallest absolute Gasteiger partial charge is 0.267 e. The van der Waals surface area contributed by atoms with E-state index in [1.54, 1.807) is 54.7 Å². The first-order valence-corrected chi connectivity index (χ1v) is 10.4. The third kappa shape index (κ3) is 5.51. The van der Waals surface area contributed by atoms with Gasteiger partial charge < -0.3 is 0 Å². The molecule has 0 aliphatic carbocycles.